The van der Waals surface area contributed by atoms with Crippen molar-refractivity contribution in [3.8, 4) is 0 Å². The predicted molar refractivity (Wildman–Crippen MR) is 159 cm³/mol. The third kappa shape index (κ3) is 8.06. The highest BCUT2D eigenvalue weighted by atomic mass is 35.5. The SMILES string of the molecule is CNC(CC(=O)NC(Cc1ccc(Cl)cc1)C(=O)N1CCN(C(C)C2CCCCC2)CC1)c1ccccc1C. The molecule has 0 bridgehead atoms. The zero-order valence-electron chi connectivity index (χ0n) is 23.8. The second-order valence-corrected chi connectivity index (χ2v) is 11.8. The number of aryl methyl sites for hydroxylation is 1. The summed E-state index contributed by atoms with van der Waals surface area (Å²) in [5.74, 6) is 0.640. The molecule has 1 aliphatic heterocycles. The highest BCUT2D eigenvalue weighted by Crippen LogP contribution is 2.29. The molecule has 1 aliphatic carbocycles. The lowest BCUT2D eigenvalue weighted by molar-refractivity contribution is -0.138. The Balaban J connectivity index is 1.41. The lowest BCUT2D eigenvalue weighted by Crippen LogP contribution is -2.57. The molecule has 0 spiro atoms. The van der Waals surface area contributed by atoms with Crippen LogP contribution in [0.4, 0.5) is 0 Å². The minimum absolute atomic E-state index is 0.000156. The summed E-state index contributed by atoms with van der Waals surface area (Å²) < 4.78 is 0. The van der Waals surface area contributed by atoms with Crippen molar-refractivity contribution in [2.75, 3.05) is 33.2 Å². The zero-order chi connectivity index (χ0) is 27.8. The molecule has 2 aromatic rings. The van der Waals surface area contributed by atoms with E-state index in [1.807, 2.05) is 54.4 Å². The first-order valence-corrected chi connectivity index (χ1v) is 15.0. The number of amides is 2. The van der Waals surface area contributed by atoms with Crippen LogP contribution in [-0.4, -0.2) is 66.9 Å². The molecule has 7 heteroatoms. The summed E-state index contributed by atoms with van der Waals surface area (Å²) in [6.07, 6.45) is 7.41. The molecule has 2 fully saturated rings. The van der Waals surface area contributed by atoms with Crippen molar-refractivity contribution in [1.29, 1.82) is 0 Å². The van der Waals surface area contributed by atoms with Crippen LogP contribution in [0.5, 0.6) is 0 Å². The van der Waals surface area contributed by atoms with E-state index >= 15 is 0 Å². The van der Waals surface area contributed by atoms with Gasteiger partial charge in [0, 0.05) is 56.1 Å². The molecule has 1 heterocycles. The minimum atomic E-state index is -0.615. The fraction of sp³-hybridized carbons (Fsp3) is 0.562. The van der Waals surface area contributed by atoms with Gasteiger partial charge in [-0.3, -0.25) is 14.5 Å². The van der Waals surface area contributed by atoms with Gasteiger partial charge in [-0.2, -0.15) is 0 Å². The summed E-state index contributed by atoms with van der Waals surface area (Å²) in [6, 6.07) is 15.5. The van der Waals surface area contributed by atoms with Crippen LogP contribution in [0.2, 0.25) is 5.02 Å². The molecule has 39 heavy (non-hydrogen) atoms. The van der Waals surface area contributed by atoms with E-state index in [9.17, 15) is 9.59 Å². The van der Waals surface area contributed by atoms with Crippen LogP contribution in [-0.2, 0) is 16.0 Å². The molecule has 1 saturated heterocycles. The topological polar surface area (TPSA) is 64.7 Å². The van der Waals surface area contributed by atoms with E-state index in [1.165, 1.54) is 32.1 Å². The number of hydrogen-bond donors (Lipinski definition) is 2. The van der Waals surface area contributed by atoms with Crippen molar-refractivity contribution in [2.24, 2.45) is 5.92 Å². The van der Waals surface area contributed by atoms with Crippen LogP contribution in [0.15, 0.2) is 48.5 Å². The number of piperazine rings is 1. The standard InChI is InChI=1S/C32H45ClN4O2/c1-23-9-7-8-12-28(23)29(34-3)22-31(38)35-30(21-25-13-15-27(33)16-14-25)32(39)37-19-17-36(18-20-37)24(2)26-10-5-4-6-11-26/h7-9,12-16,24,26,29-30,34H,4-6,10-11,17-22H2,1-3H3,(H,35,38). The van der Waals surface area contributed by atoms with Gasteiger partial charge in [0.05, 0.1) is 0 Å². The van der Waals surface area contributed by atoms with Gasteiger partial charge in [-0.05, 0) is 68.5 Å². The average molecular weight is 553 g/mol. The second-order valence-electron chi connectivity index (χ2n) is 11.4. The lowest BCUT2D eigenvalue weighted by atomic mass is 9.84. The van der Waals surface area contributed by atoms with Crippen molar-refractivity contribution in [1.82, 2.24) is 20.4 Å². The summed E-state index contributed by atoms with van der Waals surface area (Å²) in [4.78, 5) is 31.6. The van der Waals surface area contributed by atoms with E-state index in [1.54, 1.807) is 0 Å². The summed E-state index contributed by atoms with van der Waals surface area (Å²) in [5.41, 5.74) is 3.21. The zero-order valence-corrected chi connectivity index (χ0v) is 24.6. The van der Waals surface area contributed by atoms with Crippen molar-refractivity contribution in [3.63, 3.8) is 0 Å². The number of hydrogen-bond acceptors (Lipinski definition) is 4. The van der Waals surface area contributed by atoms with Crippen LogP contribution in [0, 0.1) is 12.8 Å². The van der Waals surface area contributed by atoms with Crippen LogP contribution in [0.3, 0.4) is 0 Å². The first-order chi connectivity index (χ1) is 18.9. The Bertz CT molecular complexity index is 1080. The van der Waals surface area contributed by atoms with E-state index in [-0.39, 0.29) is 24.3 Å². The molecule has 2 aromatic carbocycles. The van der Waals surface area contributed by atoms with Crippen molar-refractivity contribution in [2.45, 2.75) is 76.9 Å². The summed E-state index contributed by atoms with van der Waals surface area (Å²) in [6.45, 7) is 7.60. The second kappa shape index (κ2) is 14.3. The molecular weight excluding hydrogens is 508 g/mol. The monoisotopic (exact) mass is 552 g/mol. The van der Waals surface area contributed by atoms with Gasteiger partial charge in [-0.15, -0.1) is 0 Å². The molecular formula is C32H45ClN4O2. The Kier molecular flexibility index (Phi) is 10.8. The average Bonchev–Trinajstić information content (AvgIpc) is 2.97. The van der Waals surface area contributed by atoms with Crippen LogP contribution >= 0.6 is 11.6 Å². The van der Waals surface area contributed by atoms with Gasteiger partial charge < -0.3 is 15.5 Å². The van der Waals surface area contributed by atoms with Crippen molar-refractivity contribution < 1.29 is 9.59 Å². The Morgan fingerprint density at radius 3 is 2.28 bits per heavy atom. The third-order valence-electron chi connectivity index (χ3n) is 8.82. The highest BCUT2D eigenvalue weighted by Gasteiger charge is 2.32. The number of benzene rings is 2. The third-order valence-corrected chi connectivity index (χ3v) is 9.07. The highest BCUT2D eigenvalue weighted by molar-refractivity contribution is 6.30. The van der Waals surface area contributed by atoms with Gasteiger partial charge in [0.15, 0.2) is 0 Å². The Labute approximate surface area is 239 Å². The quantitative estimate of drug-likeness (QED) is 0.428. The van der Waals surface area contributed by atoms with Gasteiger partial charge in [0.2, 0.25) is 11.8 Å². The molecule has 1 saturated carbocycles. The Hall–Kier alpha value is -2.41. The molecule has 2 aliphatic rings. The summed E-state index contributed by atoms with van der Waals surface area (Å²) in [5, 5.41) is 7.03. The van der Waals surface area contributed by atoms with E-state index in [4.69, 9.17) is 11.6 Å². The van der Waals surface area contributed by atoms with E-state index in [0.29, 0.717) is 30.6 Å². The fourth-order valence-electron chi connectivity index (χ4n) is 6.32. The number of carbonyl (C=O) groups excluding carboxylic acids is 2. The minimum Gasteiger partial charge on any atom is -0.344 e. The molecule has 2 amide bonds. The van der Waals surface area contributed by atoms with Crippen LogP contribution in [0.25, 0.3) is 0 Å². The molecule has 212 valence electrons. The maximum atomic E-state index is 13.8. The molecule has 2 N–H and O–H groups in total. The van der Waals surface area contributed by atoms with Crippen molar-refractivity contribution in [3.05, 3.63) is 70.2 Å². The van der Waals surface area contributed by atoms with Crippen LogP contribution in [0.1, 0.15) is 68.2 Å². The van der Waals surface area contributed by atoms with E-state index < -0.39 is 6.04 Å². The summed E-state index contributed by atoms with van der Waals surface area (Å²) in [7, 11) is 1.87. The van der Waals surface area contributed by atoms with E-state index in [2.05, 4.69) is 35.4 Å². The first-order valence-electron chi connectivity index (χ1n) is 14.6. The van der Waals surface area contributed by atoms with Crippen molar-refractivity contribution >= 4 is 23.4 Å². The van der Waals surface area contributed by atoms with Gasteiger partial charge in [-0.1, -0.05) is 67.3 Å². The Morgan fingerprint density at radius 1 is 0.974 bits per heavy atom. The lowest BCUT2D eigenvalue weighted by Gasteiger charge is -2.42. The van der Waals surface area contributed by atoms with Gasteiger partial charge in [0.1, 0.15) is 6.04 Å². The molecule has 6 nitrogen and oxygen atoms in total. The van der Waals surface area contributed by atoms with E-state index in [0.717, 1.165) is 35.7 Å². The summed E-state index contributed by atoms with van der Waals surface area (Å²) >= 11 is 6.10. The molecule has 0 radical (unpaired) electrons. The molecule has 4 rings (SSSR count). The largest absolute Gasteiger partial charge is 0.344 e. The fourth-order valence-corrected chi connectivity index (χ4v) is 6.45. The predicted octanol–water partition coefficient (Wildman–Crippen LogP) is 5.14. The Morgan fingerprint density at radius 2 is 1.64 bits per heavy atom. The maximum Gasteiger partial charge on any atom is 0.245 e. The smallest absolute Gasteiger partial charge is 0.245 e. The maximum absolute atomic E-state index is 13.8. The van der Waals surface area contributed by atoms with Crippen LogP contribution < -0.4 is 10.6 Å². The number of carbonyl (C=O) groups is 2. The number of rotatable bonds is 10. The normalized spacial score (nSPS) is 19.3. The number of halogens is 1. The first kappa shape index (κ1) is 29.6. The number of nitrogens with zero attached hydrogens (tertiary/aromatic N) is 2. The van der Waals surface area contributed by atoms with Gasteiger partial charge in [-0.25, -0.2) is 0 Å². The van der Waals surface area contributed by atoms with Gasteiger partial charge >= 0.3 is 0 Å². The molecule has 3 unspecified atom stereocenters. The van der Waals surface area contributed by atoms with Gasteiger partial charge in [0.25, 0.3) is 0 Å². The number of nitrogens with one attached hydrogen (secondary N) is 2. The molecule has 3 atom stereocenters. The molecule has 0 aromatic heterocycles.